The topological polar surface area (TPSA) is 51.8 Å². The number of hydrogen-bond acceptors (Lipinski definition) is 4. The zero-order chi connectivity index (χ0) is 48.7. The van der Waals surface area contributed by atoms with Crippen LogP contribution in [0.25, 0.3) is 123 Å². The summed E-state index contributed by atoms with van der Waals surface area (Å²) >= 11 is 0. The second-order valence-corrected chi connectivity index (χ2v) is 19.4. The Morgan fingerprint density at radius 3 is 1.36 bits per heavy atom. The molecule has 0 unspecified atom stereocenters. The molecule has 4 nitrogen and oxygen atoms in total. The summed E-state index contributed by atoms with van der Waals surface area (Å²) in [5.41, 5.74) is 23.4. The molecule has 2 heterocycles. The molecule has 0 N–H and O–H groups in total. The van der Waals surface area contributed by atoms with Crippen LogP contribution in [0.5, 0.6) is 0 Å². The summed E-state index contributed by atoms with van der Waals surface area (Å²) in [6, 6.07) is 93.5. The van der Waals surface area contributed by atoms with E-state index in [2.05, 4.69) is 237 Å². The zero-order valence-corrected chi connectivity index (χ0v) is 40.1. The molecule has 0 saturated carbocycles. The molecule has 0 fully saturated rings. The van der Waals surface area contributed by atoms with E-state index in [-0.39, 0.29) is 0 Å². The highest BCUT2D eigenvalue weighted by Crippen LogP contribution is 2.64. The molecule has 11 aromatic carbocycles. The standard InChI is InChI=1S/C70H43N3O/c1-3-17-44(18-4-1)46-35-37-47(38-36-46)67-71-68(52-24-14-21-48(42-52)45-19-5-2-6-20-45)73-69(72-67)58-30-16-34-64-65(58)59-43-50(39-40-63(59)74-64)49-22-13-23-51(41-49)53-28-15-29-57-56-27-9-12-33-62(56)70(66(53)57)60-31-10-7-25-54(60)55-26-8-11-32-61(55)70/h1-43H. The van der Waals surface area contributed by atoms with Crippen LogP contribution in [-0.4, -0.2) is 15.0 Å². The van der Waals surface area contributed by atoms with E-state index >= 15 is 0 Å². The number of nitrogens with zero attached hydrogens (tertiary/aromatic N) is 3. The van der Waals surface area contributed by atoms with Gasteiger partial charge in [-0.25, -0.2) is 15.0 Å². The van der Waals surface area contributed by atoms with E-state index in [1.165, 1.54) is 55.6 Å². The van der Waals surface area contributed by atoms with E-state index in [0.717, 1.165) is 72.0 Å². The molecule has 2 aliphatic rings. The summed E-state index contributed by atoms with van der Waals surface area (Å²) in [4.78, 5) is 15.8. The zero-order valence-electron chi connectivity index (χ0n) is 40.1. The second kappa shape index (κ2) is 16.7. The molecule has 4 heteroatoms. The third kappa shape index (κ3) is 6.45. The fourth-order valence-corrected chi connectivity index (χ4v) is 12.1. The van der Waals surface area contributed by atoms with Crippen LogP contribution in [0, 0.1) is 0 Å². The predicted molar refractivity (Wildman–Crippen MR) is 301 cm³/mol. The Kier molecular flexibility index (Phi) is 9.45. The average Bonchev–Trinajstić information content (AvgIpc) is 4.15. The fraction of sp³-hybridized carbons (Fsp3) is 0.0143. The van der Waals surface area contributed by atoms with Crippen LogP contribution in [-0.2, 0) is 5.41 Å². The van der Waals surface area contributed by atoms with Gasteiger partial charge in [0.2, 0.25) is 0 Å². The van der Waals surface area contributed by atoms with Gasteiger partial charge in [-0.1, -0.05) is 231 Å². The van der Waals surface area contributed by atoms with E-state index < -0.39 is 5.41 Å². The Hall–Kier alpha value is -9.77. The lowest BCUT2D eigenvalue weighted by Gasteiger charge is -2.32. The fourth-order valence-electron chi connectivity index (χ4n) is 12.1. The SMILES string of the molecule is c1ccc(-c2ccc(-c3nc(-c4cccc(-c5ccccc5)c4)nc(-c4cccc5oc6ccc(-c7cccc(-c8cccc9c8C8(c%10ccccc%10-c%10ccccc%108)c8ccccc8-9)c7)cc6c45)n3)cc2)cc1. The van der Waals surface area contributed by atoms with Gasteiger partial charge in [0.25, 0.3) is 0 Å². The highest BCUT2D eigenvalue weighted by Gasteiger charge is 2.52. The first kappa shape index (κ1) is 42.0. The molecule has 0 radical (unpaired) electrons. The summed E-state index contributed by atoms with van der Waals surface area (Å²) in [5.74, 6) is 1.77. The van der Waals surface area contributed by atoms with Crippen molar-refractivity contribution in [2.24, 2.45) is 0 Å². The number of fused-ring (bicyclic) bond motifs is 13. The maximum absolute atomic E-state index is 6.67. The van der Waals surface area contributed by atoms with E-state index in [4.69, 9.17) is 19.4 Å². The Balaban J connectivity index is 0.876. The molecule has 0 bridgehead atoms. The van der Waals surface area contributed by atoms with Crippen molar-refractivity contribution in [2.75, 3.05) is 0 Å². The van der Waals surface area contributed by atoms with Gasteiger partial charge < -0.3 is 4.42 Å². The van der Waals surface area contributed by atoms with Crippen LogP contribution in [0.4, 0.5) is 0 Å². The quantitative estimate of drug-likeness (QED) is 0.160. The molecule has 15 rings (SSSR count). The van der Waals surface area contributed by atoms with Crippen LogP contribution in [0.1, 0.15) is 22.3 Å². The first-order chi connectivity index (χ1) is 36.7. The van der Waals surface area contributed by atoms with Crippen molar-refractivity contribution >= 4 is 21.9 Å². The van der Waals surface area contributed by atoms with Crippen LogP contribution in [0.3, 0.4) is 0 Å². The maximum Gasteiger partial charge on any atom is 0.164 e. The largest absolute Gasteiger partial charge is 0.456 e. The molecule has 2 aromatic heterocycles. The van der Waals surface area contributed by atoms with Gasteiger partial charge in [0.05, 0.1) is 5.41 Å². The first-order valence-corrected chi connectivity index (χ1v) is 25.2. The Morgan fingerprint density at radius 2 is 0.676 bits per heavy atom. The van der Waals surface area contributed by atoms with Crippen molar-refractivity contribution in [3.8, 4) is 101 Å². The molecule has 1 spiro atoms. The summed E-state index contributed by atoms with van der Waals surface area (Å²) in [5, 5.41) is 1.95. The number of aromatic nitrogens is 3. The van der Waals surface area contributed by atoms with Crippen molar-refractivity contribution in [3.05, 3.63) is 283 Å². The lowest BCUT2D eigenvalue weighted by Crippen LogP contribution is -2.26. The highest BCUT2D eigenvalue weighted by molar-refractivity contribution is 6.13. The van der Waals surface area contributed by atoms with Gasteiger partial charge >= 0.3 is 0 Å². The smallest absolute Gasteiger partial charge is 0.164 e. The molecule has 0 atom stereocenters. The van der Waals surface area contributed by atoms with Crippen molar-refractivity contribution in [1.29, 1.82) is 0 Å². The van der Waals surface area contributed by atoms with E-state index in [9.17, 15) is 0 Å². The summed E-state index contributed by atoms with van der Waals surface area (Å²) in [6.45, 7) is 0. The van der Waals surface area contributed by atoms with Crippen molar-refractivity contribution in [2.45, 2.75) is 5.41 Å². The third-order valence-corrected chi connectivity index (χ3v) is 15.4. The summed E-state index contributed by atoms with van der Waals surface area (Å²) < 4.78 is 6.67. The summed E-state index contributed by atoms with van der Waals surface area (Å²) in [7, 11) is 0. The number of furan rings is 1. The molecule has 74 heavy (non-hydrogen) atoms. The Bertz CT molecular complexity index is 4300. The van der Waals surface area contributed by atoms with Gasteiger partial charge in [-0.05, 0) is 119 Å². The highest BCUT2D eigenvalue weighted by atomic mass is 16.3. The summed E-state index contributed by atoms with van der Waals surface area (Å²) in [6.07, 6.45) is 0. The molecular formula is C70H43N3O. The van der Waals surface area contributed by atoms with Crippen LogP contribution < -0.4 is 0 Å². The molecule has 13 aromatic rings. The monoisotopic (exact) mass is 941 g/mol. The molecule has 344 valence electrons. The minimum absolute atomic E-state index is 0.457. The number of rotatable bonds is 7. The van der Waals surface area contributed by atoms with Gasteiger partial charge in [-0.2, -0.15) is 0 Å². The third-order valence-electron chi connectivity index (χ3n) is 15.4. The van der Waals surface area contributed by atoms with E-state index in [0.29, 0.717) is 17.5 Å². The van der Waals surface area contributed by atoms with Crippen molar-refractivity contribution < 1.29 is 4.42 Å². The minimum Gasteiger partial charge on any atom is -0.456 e. The normalized spacial score (nSPS) is 12.7. The molecular weight excluding hydrogens is 899 g/mol. The van der Waals surface area contributed by atoms with Gasteiger partial charge in [-0.3, -0.25) is 0 Å². The Morgan fingerprint density at radius 1 is 0.257 bits per heavy atom. The van der Waals surface area contributed by atoms with Crippen LogP contribution in [0.15, 0.2) is 265 Å². The van der Waals surface area contributed by atoms with Gasteiger partial charge in [-0.15, -0.1) is 0 Å². The molecule has 0 saturated heterocycles. The molecule has 0 amide bonds. The first-order valence-electron chi connectivity index (χ1n) is 25.2. The van der Waals surface area contributed by atoms with Gasteiger partial charge in [0.1, 0.15) is 11.2 Å². The van der Waals surface area contributed by atoms with Crippen molar-refractivity contribution in [3.63, 3.8) is 0 Å². The van der Waals surface area contributed by atoms with E-state index in [1.54, 1.807) is 0 Å². The van der Waals surface area contributed by atoms with Gasteiger partial charge in [0, 0.05) is 27.5 Å². The Labute approximate surface area is 428 Å². The second-order valence-electron chi connectivity index (χ2n) is 19.4. The lowest BCUT2D eigenvalue weighted by molar-refractivity contribution is 0.669. The van der Waals surface area contributed by atoms with E-state index in [1.807, 2.05) is 24.3 Å². The minimum atomic E-state index is -0.457. The average molecular weight is 942 g/mol. The number of hydrogen-bond donors (Lipinski definition) is 0. The number of benzene rings is 11. The molecule has 0 aliphatic heterocycles. The predicted octanol–water partition coefficient (Wildman–Crippen LogP) is 17.8. The van der Waals surface area contributed by atoms with Crippen LogP contribution >= 0.6 is 0 Å². The molecule has 2 aliphatic carbocycles. The van der Waals surface area contributed by atoms with Crippen LogP contribution in [0.2, 0.25) is 0 Å². The van der Waals surface area contributed by atoms with Gasteiger partial charge in [0.15, 0.2) is 17.5 Å². The maximum atomic E-state index is 6.67. The van der Waals surface area contributed by atoms with Crippen molar-refractivity contribution in [1.82, 2.24) is 15.0 Å². The lowest BCUT2D eigenvalue weighted by atomic mass is 9.68.